The molecular formula is C15H31N3O. The van der Waals surface area contributed by atoms with Gasteiger partial charge in [0.1, 0.15) is 0 Å². The minimum absolute atomic E-state index is 0.108. The zero-order valence-electron chi connectivity index (χ0n) is 13.2. The summed E-state index contributed by atoms with van der Waals surface area (Å²) in [6.45, 7) is 10.8. The second-order valence-corrected chi connectivity index (χ2v) is 6.55. The number of carbonyl (C=O) groups is 1. The molecule has 4 nitrogen and oxygen atoms in total. The lowest BCUT2D eigenvalue weighted by Crippen LogP contribution is -2.51. The van der Waals surface area contributed by atoms with E-state index in [9.17, 15) is 4.79 Å². The molecule has 0 radical (unpaired) electrons. The van der Waals surface area contributed by atoms with E-state index in [1.807, 2.05) is 11.9 Å². The molecule has 1 fully saturated rings. The average Bonchev–Trinajstić information content (AvgIpc) is 2.36. The highest BCUT2D eigenvalue weighted by Crippen LogP contribution is 2.18. The molecule has 1 atom stereocenters. The summed E-state index contributed by atoms with van der Waals surface area (Å²) in [6.07, 6.45) is 2.90. The predicted octanol–water partition coefficient (Wildman–Crippen LogP) is 1.69. The van der Waals surface area contributed by atoms with Crippen LogP contribution in [-0.2, 0) is 4.79 Å². The Bertz CT molecular complexity index is 283. The van der Waals surface area contributed by atoms with Gasteiger partial charge in [-0.05, 0) is 39.0 Å². The molecule has 1 rings (SSSR count). The largest absolute Gasteiger partial charge is 0.341 e. The van der Waals surface area contributed by atoms with Gasteiger partial charge in [0.15, 0.2) is 0 Å². The van der Waals surface area contributed by atoms with Gasteiger partial charge in [-0.3, -0.25) is 4.79 Å². The molecule has 0 spiro atoms. The van der Waals surface area contributed by atoms with Gasteiger partial charge in [0.05, 0.1) is 6.04 Å². The lowest BCUT2D eigenvalue weighted by molar-refractivity contribution is -0.134. The summed E-state index contributed by atoms with van der Waals surface area (Å²) >= 11 is 0. The van der Waals surface area contributed by atoms with Crippen LogP contribution in [0.5, 0.6) is 0 Å². The van der Waals surface area contributed by atoms with Crippen LogP contribution in [0.2, 0.25) is 0 Å². The van der Waals surface area contributed by atoms with E-state index in [0.717, 1.165) is 32.4 Å². The molecule has 1 amide bonds. The minimum Gasteiger partial charge on any atom is -0.341 e. The van der Waals surface area contributed by atoms with Crippen LogP contribution in [0.15, 0.2) is 0 Å². The molecule has 0 aliphatic carbocycles. The van der Waals surface area contributed by atoms with Crippen molar-refractivity contribution in [2.45, 2.75) is 65.1 Å². The standard InChI is InChI=1S/C15H31N3O/c1-11(2)10-14(16)15(19)17(5)13-6-8-18(9-7-13)12(3)4/h11-14H,6-10,16H2,1-5H3/t14-/m1/s1. The van der Waals surface area contributed by atoms with Crippen molar-refractivity contribution in [3.63, 3.8) is 0 Å². The van der Waals surface area contributed by atoms with E-state index in [1.165, 1.54) is 0 Å². The first-order chi connectivity index (χ1) is 8.82. The molecule has 19 heavy (non-hydrogen) atoms. The van der Waals surface area contributed by atoms with Crippen molar-refractivity contribution >= 4 is 5.91 Å². The Hall–Kier alpha value is -0.610. The Labute approximate surface area is 118 Å². The summed E-state index contributed by atoms with van der Waals surface area (Å²) in [5.41, 5.74) is 6.00. The lowest BCUT2D eigenvalue weighted by atomic mass is 9.99. The third-order valence-corrected chi connectivity index (χ3v) is 4.17. The molecule has 0 aromatic carbocycles. The molecule has 0 aromatic rings. The van der Waals surface area contributed by atoms with Gasteiger partial charge < -0.3 is 15.5 Å². The van der Waals surface area contributed by atoms with Crippen molar-refractivity contribution in [3.8, 4) is 0 Å². The van der Waals surface area contributed by atoms with Gasteiger partial charge in [0.25, 0.3) is 0 Å². The van der Waals surface area contributed by atoms with Crippen LogP contribution in [0.1, 0.15) is 47.0 Å². The Morgan fingerprint density at radius 1 is 1.26 bits per heavy atom. The van der Waals surface area contributed by atoms with Crippen LogP contribution in [-0.4, -0.2) is 54.0 Å². The first-order valence-electron chi connectivity index (χ1n) is 7.59. The van der Waals surface area contributed by atoms with E-state index in [1.54, 1.807) is 0 Å². The third-order valence-electron chi connectivity index (χ3n) is 4.17. The summed E-state index contributed by atoms with van der Waals surface area (Å²) in [7, 11) is 1.91. The number of piperidine rings is 1. The normalized spacial score (nSPS) is 20.0. The number of hydrogen-bond donors (Lipinski definition) is 1. The number of rotatable bonds is 5. The van der Waals surface area contributed by atoms with E-state index in [4.69, 9.17) is 5.73 Å². The zero-order chi connectivity index (χ0) is 14.6. The van der Waals surface area contributed by atoms with Gasteiger partial charge in [-0.25, -0.2) is 0 Å². The van der Waals surface area contributed by atoms with Crippen molar-refractivity contribution in [1.29, 1.82) is 0 Å². The fourth-order valence-electron chi connectivity index (χ4n) is 2.84. The van der Waals surface area contributed by atoms with E-state index >= 15 is 0 Å². The highest BCUT2D eigenvalue weighted by Gasteiger charge is 2.28. The van der Waals surface area contributed by atoms with Gasteiger partial charge >= 0.3 is 0 Å². The maximum absolute atomic E-state index is 12.3. The number of carbonyl (C=O) groups excluding carboxylic acids is 1. The first-order valence-corrected chi connectivity index (χ1v) is 7.59. The summed E-state index contributed by atoms with van der Waals surface area (Å²) in [5.74, 6) is 0.576. The molecule has 0 aromatic heterocycles. The van der Waals surface area contributed by atoms with E-state index in [2.05, 4.69) is 32.6 Å². The van der Waals surface area contributed by atoms with Gasteiger partial charge in [0.2, 0.25) is 5.91 Å². The van der Waals surface area contributed by atoms with Crippen molar-refractivity contribution < 1.29 is 4.79 Å². The molecule has 4 heteroatoms. The second-order valence-electron chi connectivity index (χ2n) is 6.55. The number of nitrogens with two attached hydrogens (primary N) is 1. The molecule has 1 heterocycles. The second kappa shape index (κ2) is 7.25. The van der Waals surface area contributed by atoms with Crippen LogP contribution in [0.3, 0.4) is 0 Å². The quantitative estimate of drug-likeness (QED) is 0.826. The van der Waals surface area contributed by atoms with Crippen molar-refractivity contribution in [2.24, 2.45) is 11.7 Å². The topological polar surface area (TPSA) is 49.6 Å². The van der Waals surface area contributed by atoms with E-state index in [-0.39, 0.29) is 11.9 Å². The third kappa shape index (κ3) is 4.77. The van der Waals surface area contributed by atoms with Crippen LogP contribution in [0.4, 0.5) is 0 Å². The monoisotopic (exact) mass is 269 g/mol. The van der Waals surface area contributed by atoms with Crippen molar-refractivity contribution in [3.05, 3.63) is 0 Å². The van der Waals surface area contributed by atoms with Crippen molar-refractivity contribution in [2.75, 3.05) is 20.1 Å². The number of likely N-dealkylation sites (N-methyl/N-ethyl adjacent to an activating group) is 1. The fourth-order valence-corrected chi connectivity index (χ4v) is 2.84. The van der Waals surface area contributed by atoms with Crippen LogP contribution in [0.25, 0.3) is 0 Å². The number of nitrogens with zero attached hydrogens (tertiary/aromatic N) is 2. The zero-order valence-corrected chi connectivity index (χ0v) is 13.2. The molecule has 1 aliphatic rings. The molecule has 0 unspecified atom stereocenters. The molecule has 0 saturated carbocycles. The molecular weight excluding hydrogens is 238 g/mol. The van der Waals surface area contributed by atoms with Gasteiger partial charge in [0, 0.05) is 32.2 Å². The van der Waals surface area contributed by atoms with Crippen LogP contribution < -0.4 is 5.73 Å². The summed E-state index contributed by atoms with van der Waals surface area (Å²) in [6, 6.07) is 0.624. The van der Waals surface area contributed by atoms with E-state index < -0.39 is 0 Å². The predicted molar refractivity (Wildman–Crippen MR) is 79.9 cm³/mol. The molecule has 1 saturated heterocycles. The first kappa shape index (κ1) is 16.4. The summed E-state index contributed by atoms with van der Waals surface area (Å²) < 4.78 is 0. The molecule has 0 bridgehead atoms. The fraction of sp³-hybridized carbons (Fsp3) is 0.933. The Morgan fingerprint density at radius 2 is 1.79 bits per heavy atom. The highest BCUT2D eigenvalue weighted by molar-refractivity contribution is 5.81. The van der Waals surface area contributed by atoms with Gasteiger partial charge in [-0.1, -0.05) is 13.8 Å². The average molecular weight is 269 g/mol. The number of likely N-dealkylation sites (tertiary alicyclic amines) is 1. The van der Waals surface area contributed by atoms with Crippen LogP contribution in [0, 0.1) is 5.92 Å². The molecule has 2 N–H and O–H groups in total. The van der Waals surface area contributed by atoms with Crippen molar-refractivity contribution in [1.82, 2.24) is 9.80 Å². The maximum atomic E-state index is 12.3. The minimum atomic E-state index is -0.340. The van der Waals surface area contributed by atoms with Gasteiger partial charge in [-0.15, -0.1) is 0 Å². The lowest BCUT2D eigenvalue weighted by Gasteiger charge is -2.39. The smallest absolute Gasteiger partial charge is 0.239 e. The Balaban J connectivity index is 2.46. The molecule has 1 aliphatic heterocycles. The molecule has 112 valence electrons. The Kier molecular flexibility index (Phi) is 6.27. The SMILES string of the molecule is CC(C)C[C@@H](N)C(=O)N(C)C1CCN(C(C)C)CC1. The number of amides is 1. The highest BCUT2D eigenvalue weighted by atomic mass is 16.2. The summed E-state index contributed by atoms with van der Waals surface area (Å²) in [5, 5.41) is 0. The van der Waals surface area contributed by atoms with Gasteiger partial charge in [-0.2, -0.15) is 0 Å². The van der Waals surface area contributed by atoms with Crippen LogP contribution >= 0.6 is 0 Å². The summed E-state index contributed by atoms with van der Waals surface area (Å²) in [4.78, 5) is 16.6. The maximum Gasteiger partial charge on any atom is 0.239 e. The number of hydrogen-bond acceptors (Lipinski definition) is 3. The Morgan fingerprint density at radius 3 is 2.21 bits per heavy atom. The van der Waals surface area contributed by atoms with E-state index in [0.29, 0.717) is 18.0 Å².